The minimum Gasteiger partial charge on any atom is -0.465 e. The SMILES string of the molecule is COC(=O)c1ccccc1S(=O)(=O)Nc1ccccc1N1CCCC1=O. The molecule has 8 heteroatoms. The van der Waals surface area contributed by atoms with Gasteiger partial charge in [-0.1, -0.05) is 24.3 Å². The van der Waals surface area contributed by atoms with E-state index in [9.17, 15) is 18.0 Å². The Bertz CT molecular complexity index is 956. The lowest BCUT2D eigenvalue weighted by Crippen LogP contribution is -2.26. The Balaban J connectivity index is 2.00. The lowest BCUT2D eigenvalue weighted by atomic mass is 10.2. The fourth-order valence-corrected chi connectivity index (χ4v) is 4.15. The van der Waals surface area contributed by atoms with Crippen LogP contribution in [0, 0.1) is 0 Å². The van der Waals surface area contributed by atoms with Gasteiger partial charge >= 0.3 is 5.97 Å². The Hall–Kier alpha value is -2.87. The van der Waals surface area contributed by atoms with E-state index in [0.29, 0.717) is 18.7 Å². The Kier molecular flexibility index (Phi) is 4.94. The van der Waals surface area contributed by atoms with Gasteiger partial charge in [0.15, 0.2) is 0 Å². The highest BCUT2D eigenvalue weighted by atomic mass is 32.2. The van der Waals surface area contributed by atoms with Gasteiger partial charge in [0.25, 0.3) is 10.0 Å². The number of ether oxygens (including phenoxy) is 1. The fraction of sp³-hybridized carbons (Fsp3) is 0.222. The molecule has 1 saturated heterocycles. The van der Waals surface area contributed by atoms with Crippen LogP contribution in [0.1, 0.15) is 23.2 Å². The summed E-state index contributed by atoms with van der Waals surface area (Å²) >= 11 is 0. The zero-order valence-electron chi connectivity index (χ0n) is 14.1. The van der Waals surface area contributed by atoms with Crippen LogP contribution in [0.4, 0.5) is 11.4 Å². The van der Waals surface area contributed by atoms with Crippen molar-refractivity contribution in [3.05, 3.63) is 54.1 Å². The smallest absolute Gasteiger partial charge is 0.339 e. The second kappa shape index (κ2) is 7.17. The van der Waals surface area contributed by atoms with Crippen LogP contribution in [0.2, 0.25) is 0 Å². The first-order valence-electron chi connectivity index (χ1n) is 8.03. The Labute approximate surface area is 151 Å². The molecule has 2 aromatic carbocycles. The van der Waals surface area contributed by atoms with Crippen LogP contribution in [0.5, 0.6) is 0 Å². The molecule has 1 amide bonds. The molecule has 2 aromatic rings. The average Bonchev–Trinajstić information content (AvgIpc) is 3.07. The molecule has 7 nitrogen and oxygen atoms in total. The second-order valence-electron chi connectivity index (χ2n) is 5.76. The summed E-state index contributed by atoms with van der Waals surface area (Å²) in [6.45, 7) is 0.538. The first-order valence-corrected chi connectivity index (χ1v) is 9.52. The molecule has 1 aliphatic rings. The summed E-state index contributed by atoms with van der Waals surface area (Å²) in [6.07, 6.45) is 1.16. The van der Waals surface area contributed by atoms with Gasteiger partial charge in [0.1, 0.15) is 4.90 Å². The van der Waals surface area contributed by atoms with Gasteiger partial charge in [-0.3, -0.25) is 9.52 Å². The minimum absolute atomic E-state index is 0.0494. The van der Waals surface area contributed by atoms with Crippen LogP contribution in [-0.2, 0) is 19.6 Å². The molecule has 26 heavy (non-hydrogen) atoms. The third-order valence-corrected chi connectivity index (χ3v) is 5.52. The van der Waals surface area contributed by atoms with Crippen molar-refractivity contribution in [3.8, 4) is 0 Å². The third kappa shape index (κ3) is 3.41. The Morgan fingerprint density at radius 1 is 1.12 bits per heavy atom. The number of nitrogens with zero attached hydrogens (tertiary/aromatic N) is 1. The first-order chi connectivity index (χ1) is 12.4. The van der Waals surface area contributed by atoms with E-state index in [1.165, 1.54) is 25.3 Å². The number of carbonyl (C=O) groups is 2. The number of sulfonamides is 1. The van der Waals surface area contributed by atoms with Gasteiger partial charge in [-0.25, -0.2) is 13.2 Å². The van der Waals surface area contributed by atoms with E-state index in [2.05, 4.69) is 9.46 Å². The first kappa shape index (κ1) is 17.9. The molecule has 1 aliphatic heterocycles. The molecule has 0 aromatic heterocycles. The van der Waals surface area contributed by atoms with Crippen LogP contribution < -0.4 is 9.62 Å². The number of para-hydroxylation sites is 2. The van der Waals surface area contributed by atoms with E-state index in [1.807, 2.05) is 0 Å². The number of hydrogen-bond donors (Lipinski definition) is 1. The summed E-state index contributed by atoms with van der Waals surface area (Å²) in [5.41, 5.74) is 0.716. The highest BCUT2D eigenvalue weighted by molar-refractivity contribution is 7.92. The molecule has 1 heterocycles. The van der Waals surface area contributed by atoms with E-state index in [1.54, 1.807) is 35.2 Å². The fourth-order valence-electron chi connectivity index (χ4n) is 2.88. The number of carbonyl (C=O) groups excluding carboxylic acids is 2. The molecule has 0 spiro atoms. The van der Waals surface area contributed by atoms with Gasteiger partial charge in [-0.05, 0) is 30.7 Å². The van der Waals surface area contributed by atoms with Crippen molar-refractivity contribution < 1.29 is 22.7 Å². The minimum atomic E-state index is -4.06. The van der Waals surface area contributed by atoms with Gasteiger partial charge in [-0.2, -0.15) is 0 Å². The molecule has 3 rings (SSSR count). The average molecular weight is 374 g/mol. The molecule has 0 aliphatic carbocycles. The molecule has 0 saturated carbocycles. The number of methoxy groups -OCH3 is 1. The van der Waals surface area contributed by atoms with Crippen molar-refractivity contribution in [1.82, 2.24) is 0 Å². The van der Waals surface area contributed by atoms with E-state index in [-0.39, 0.29) is 22.1 Å². The van der Waals surface area contributed by atoms with Crippen molar-refractivity contribution in [2.24, 2.45) is 0 Å². The predicted molar refractivity (Wildman–Crippen MR) is 96.6 cm³/mol. The van der Waals surface area contributed by atoms with Crippen molar-refractivity contribution >= 4 is 33.3 Å². The van der Waals surface area contributed by atoms with Crippen molar-refractivity contribution in [3.63, 3.8) is 0 Å². The van der Waals surface area contributed by atoms with E-state index in [4.69, 9.17) is 0 Å². The van der Waals surface area contributed by atoms with Crippen LogP contribution in [0.15, 0.2) is 53.4 Å². The lowest BCUT2D eigenvalue weighted by molar-refractivity contribution is -0.117. The number of hydrogen-bond acceptors (Lipinski definition) is 5. The number of benzene rings is 2. The Morgan fingerprint density at radius 3 is 2.50 bits per heavy atom. The topological polar surface area (TPSA) is 92.8 Å². The van der Waals surface area contributed by atoms with Gasteiger partial charge in [0.2, 0.25) is 5.91 Å². The number of rotatable bonds is 5. The number of anilines is 2. The zero-order valence-corrected chi connectivity index (χ0v) is 15.0. The van der Waals surface area contributed by atoms with Crippen molar-refractivity contribution in [2.45, 2.75) is 17.7 Å². The zero-order chi connectivity index (χ0) is 18.7. The molecular formula is C18H18N2O5S. The molecular weight excluding hydrogens is 356 g/mol. The third-order valence-electron chi connectivity index (χ3n) is 4.09. The molecule has 136 valence electrons. The van der Waals surface area contributed by atoms with Gasteiger partial charge < -0.3 is 9.64 Å². The number of nitrogens with one attached hydrogen (secondary N) is 1. The predicted octanol–water partition coefficient (Wildman–Crippen LogP) is 2.40. The summed E-state index contributed by atoms with van der Waals surface area (Å²) in [5, 5.41) is 0. The number of esters is 1. The summed E-state index contributed by atoms with van der Waals surface area (Å²) in [5.74, 6) is -0.791. The maximum Gasteiger partial charge on any atom is 0.339 e. The van der Waals surface area contributed by atoms with Gasteiger partial charge in [-0.15, -0.1) is 0 Å². The van der Waals surface area contributed by atoms with E-state index < -0.39 is 16.0 Å². The quantitative estimate of drug-likeness (QED) is 0.811. The molecule has 0 radical (unpaired) electrons. The van der Waals surface area contributed by atoms with Gasteiger partial charge in [0, 0.05) is 13.0 Å². The molecule has 0 unspecified atom stereocenters. The van der Waals surface area contributed by atoms with E-state index >= 15 is 0 Å². The molecule has 0 bridgehead atoms. The lowest BCUT2D eigenvalue weighted by Gasteiger charge is -2.20. The maximum absolute atomic E-state index is 12.9. The summed E-state index contributed by atoms with van der Waals surface area (Å²) < 4.78 is 32.9. The van der Waals surface area contributed by atoms with Crippen LogP contribution in [0.25, 0.3) is 0 Å². The summed E-state index contributed by atoms with van der Waals surface area (Å²) in [6, 6.07) is 12.5. The second-order valence-corrected chi connectivity index (χ2v) is 7.41. The normalized spacial score (nSPS) is 14.3. The molecule has 1 N–H and O–H groups in total. The summed E-state index contributed by atoms with van der Waals surface area (Å²) in [7, 11) is -2.87. The maximum atomic E-state index is 12.9. The molecule has 0 atom stereocenters. The van der Waals surface area contributed by atoms with E-state index in [0.717, 1.165) is 6.42 Å². The monoisotopic (exact) mass is 374 g/mol. The Morgan fingerprint density at radius 2 is 1.81 bits per heavy atom. The van der Waals surface area contributed by atoms with Crippen molar-refractivity contribution in [2.75, 3.05) is 23.3 Å². The standard InChI is InChI=1S/C18H18N2O5S/c1-25-18(22)13-7-2-5-10-16(13)26(23,24)19-14-8-3-4-9-15(14)20-12-6-11-17(20)21/h2-5,7-10,19H,6,11-12H2,1H3. The van der Waals surface area contributed by atoms with Crippen molar-refractivity contribution in [1.29, 1.82) is 0 Å². The highest BCUT2D eigenvalue weighted by Crippen LogP contribution is 2.31. The largest absolute Gasteiger partial charge is 0.465 e. The highest BCUT2D eigenvalue weighted by Gasteiger charge is 2.27. The van der Waals surface area contributed by atoms with Gasteiger partial charge in [0.05, 0.1) is 24.0 Å². The number of amides is 1. The summed E-state index contributed by atoms with van der Waals surface area (Å²) in [4.78, 5) is 25.3. The van der Waals surface area contributed by atoms with Crippen LogP contribution >= 0.6 is 0 Å². The molecule has 1 fully saturated rings. The van der Waals surface area contributed by atoms with Crippen LogP contribution in [0.3, 0.4) is 0 Å². The van der Waals surface area contributed by atoms with Crippen LogP contribution in [-0.4, -0.2) is 33.9 Å².